The van der Waals surface area contributed by atoms with E-state index < -0.39 is 0 Å². The topological polar surface area (TPSA) is 29.5 Å². The molecule has 2 aromatic rings. The van der Waals surface area contributed by atoms with Gasteiger partial charge in [-0.25, -0.2) is 0 Å². The molecule has 4 rings (SSSR count). The largest absolute Gasteiger partial charge is 0.480 e. The molecular weight excluding hydrogens is 334 g/mol. The number of benzene rings is 2. The number of piperidine rings is 1. The molecule has 4 heteroatoms. The molecule has 3 nitrogen and oxygen atoms in total. The lowest BCUT2D eigenvalue weighted by molar-refractivity contribution is -0.139. The fourth-order valence-electron chi connectivity index (χ4n) is 3.86. The van der Waals surface area contributed by atoms with Crippen molar-refractivity contribution in [1.29, 1.82) is 0 Å². The summed E-state index contributed by atoms with van der Waals surface area (Å²) in [5.74, 6) is 1.57. The Kier molecular flexibility index (Phi) is 4.67. The van der Waals surface area contributed by atoms with Crippen LogP contribution in [0, 0.1) is 5.92 Å². The number of carbonyl (C=O) groups excluding carboxylic acids is 1. The first-order chi connectivity index (χ1) is 12.2. The number of fused-ring (bicyclic) bond motifs is 1. The SMILES string of the molecule is O=C(C1Cc2cc(Cl)ccc2O1)N1CCC(Cc2ccccc2)CC1. The molecule has 1 amide bonds. The lowest BCUT2D eigenvalue weighted by Gasteiger charge is -2.33. The van der Waals surface area contributed by atoms with E-state index in [-0.39, 0.29) is 12.0 Å². The van der Waals surface area contributed by atoms with Crippen LogP contribution in [-0.4, -0.2) is 30.0 Å². The molecule has 2 aliphatic heterocycles. The summed E-state index contributed by atoms with van der Waals surface area (Å²) in [6.07, 6.45) is 3.46. The Balaban J connectivity index is 1.32. The van der Waals surface area contributed by atoms with Gasteiger partial charge in [-0.1, -0.05) is 41.9 Å². The predicted molar refractivity (Wildman–Crippen MR) is 99.0 cm³/mol. The standard InChI is InChI=1S/C21H22ClNO2/c22-18-6-7-19-17(13-18)14-20(25-19)21(24)23-10-8-16(9-11-23)12-15-4-2-1-3-5-15/h1-7,13,16,20H,8-12,14H2. The molecule has 2 aliphatic rings. The highest BCUT2D eigenvalue weighted by Gasteiger charge is 2.34. The molecular formula is C21H22ClNO2. The van der Waals surface area contributed by atoms with Crippen LogP contribution in [0.2, 0.25) is 5.02 Å². The highest BCUT2D eigenvalue weighted by atomic mass is 35.5. The number of likely N-dealkylation sites (tertiary alicyclic amines) is 1. The molecule has 1 fully saturated rings. The van der Waals surface area contributed by atoms with Gasteiger partial charge in [-0.3, -0.25) is 4.79 Å². The van der Waals surface area contributed by atoms with Crippen LogP contribution in [-0.2, 0) is 17.6 Å². The predicted octanol–water partition coefficient (Wildman–Crippen LogP) is 4.12. The monoisotopic (exact) mass is 355 g/mol. The second-order valence-electron chi connectivity index (χ2n) is 7.02. The summed E-state index contributed by atoms with van der Waals surface area (Å²) in [6.45, 7) is 1.65. The van der Waals surface area contributed by atoms with E-state index in [0.717, 1.165) is 43.7 Å². The van der Waals surface area contributed by atoms with Gasteiger partial charge in [-0.05, 0) is 54.5 Å². The minimum Gasteiger partial charge on any atom is -0.480 e. The van der Waals surface area contributed by atoms with Gasteiger partial charge in [-0.15, -0.1) is 0 Å². The second kappa shape index (κ2) is 7.09. The molecule has 0 spiro atoms. The number of rotatable bonds is 3. The van der Waals surface area contributed by atoms with E-state index >= 15 is 0 Å². The van der Waals surface area contributed by atoms with Gasteiger partial charge in [0, 0.05) is 24.5 Å². The molecule has 2 aromatic carbocycles. The number of amides is 1. The van der Waals surface area contributed by atoms with Gasteiger partial charge in [0.25, 0.3) is 5.91 Å². The second-order valence-corrected chi connectivity index (χ2v) is 7.46. The minimum absolute atomic E-state index is 0.116. The van der Waals surface area contributed by atoms with Crippen molar-refractivity contribution >= 4 is 17.5 Å². The maximum atomic E-state index is 12.8. The van der Waals surface area contributed by atoms with Crippen LogP contribution in [0.3, 0.4) is 0 Å². The Morgan fingerprint density at radius 2 is 1.88 bits per heavy atom. The first-order valence-corrected chi connectivity index (χ1v) is 9.34. The summed E-state index contributed by atoms with van der Waals surface area (Å²) in [5, 5.41) is 0.692. The van der Waals surface area contributed by atoms with Crippen molar-refractivity contribution in [3.05, 3.63) is 64.7 Å². The fraction of sp³-hybridized carbons (Fsp3) is 0.381. The Labute approximate surface area is 153 Å². The summed E-state index contributed by atoms with van der Waals surface area (Å²) in [4.78, 5) is 14.8. The Morgan fingerprint density at radius 3 is 2.64 bits per heavy atom. The number of hydrogen-bond donors (Lipinski definition) is 0. The molecule has 0 aromatic heterocycles. The lowest BCUT2D eigenvalue weighted by Crippen LogP contribution is -2.45. The molecule has 25 heavy (non-hydrogen) atoms. The number of carbonyl (C=O) groups is 1. The fourth-order valence-corrected chi connectivity index (χ4v) is 4.06. The summed E-state index contributed by atoms with van der Waals surface area (Å²) in [6, 6.07) is 16.2. The smallest absolute Gasteiger partial charge is 0.263 e. The Morgan fingerprint density at radius 1 is 1.12 bits per heavy atom. The maximum Gasteiger partial charge on any atom is 0.263 e. The molecule has 0 N–H and O–H groups in total. The molecule has 130 valence electrons. The van der Waals surface area contributed by atoms with Gasteiger partial charge in [0.2, 0.25) is 0 Å². The van der Waals surface area contributed by atoms with Crippen LogP contribution < -0.4 is 4.74 Å². The first-order valence-electron chi connectivity index (χ1n) is 8.97. The highest BCUT2D eigenvalue weighted by molar-refractivity contribution is 6.30. The van der Waals surface area contributed by atoms with E-state index in [9.17, 15) is 4.79 Å². The van der Waals surface area contributed by atoms with E-state index in [0.29, 0.717) is 17.4 Å². The van der Waals surface area contributed by atoms with Gasteiger partial charge in [0.1, 0.15) is 5.75 Å². The Bertz CT molecular complexity index is 754. The number of ether oxygens (including phenoxy) is 1. The van der Waals surface area contributed by atoms with E-state index in [1.54, 1.807) is 0 Å². The van der Waals surface area contributed by atoms with Crippen LogP contribution in [0.1, 0.15) is 24.0 Å². The highest BCUT2D eigenvalue weighted by Crippen LogP contribution is 2.32. The third-order valence-electron chi connectivity index (χ3n) is 5.27. The molecule has 0 radical (unpaired) electrons. The number of hydrogen-bond acceptors (Lipinski definition) is 2. The summed E-state index contributed by atoms with van der Waals surface area (Å²) in [5.41, 5.74) is 2.42. The average Bonchev–Trinajstić information content (AvgIpc) is 3.06. The molecule has 0 saturated carbocycles. The number of halogens is 1. The quantitative estimate of drug-likeness (QED) is 0.828. The zero-order valence-corrected chi connectivity index (χ0v) is 14.9. The van der Waals surface area contributed by atoms with Gasteiger partial charge in [0.05, 0.1) is 0 Å². The molecule has 2 heterocycles. The first kappa shape index (κ1) is 16.5. The van der Waals surface area contributed by atoms with Crippen LogP contribution in [0.5, 0.6) is 5.75 Å². The minimum atomic E-state index is -0.390. The van der Waals surface area contributed by atoms with Gasteiger partial charge >= 0.3 is 0 Å². The molecule has 0 bridgehead atoms. The average molecular weight is 356 g/mol. The van der Waals surface area contributed by atoms with E-state index in [2.05, 4.69) is 30.3 Å². The molecule has 1 atom stereocenters. The van der Waals surface area contributed by atoms with Crippen LogP contribution in [0.4, 0.5) is 0 Å². The van der Waals surface area contributed by atoms with Crippen molar-refractivity contribution in [2.45, 2.75) is 31.8 Å². The Hall–Kier alpha value is -2.00. The van der Waals surface area contributed by atoms with Crippen molar-refractivity contribution in [3.63, 3.8) is 0 Å². The third kappa shape index (κ3) is 3.67. The van der Waals surface area contributed by atoms with Gasteiger partial charge in [-0.2, -0.15) is 0 Å². The van der Waals surface area contributed by atoms with E-state index in [1.165, 1.54) is 5.56 Å². The van der Waals surface area contributed by atoms with Crippen LogP contribution in [0.25, 0.3) is 0 Å². The molecule has 1 unspecified atom stereocenters. The van der Waals surface area contributed by atoms with E-state index in [1.807, 2.05) is 23.1 Å². The van der Waals surface area contributed by atoms with E-state index in [4.69, 9.17) is 16.3 Å². The third-order valence-corrected chi connectivity index (χ3v) is 5.50. The van der Waals surface area contributed by atoms with Crippen molar-refractivity contribution < 1.29 is 9.53 Å². The maximum absolute atomic E-state index is 12.8. The van der Waals surface area contributed by atoms with Crippen LogP contribution in [0.15, 0.2) is 48.5 Å². The van der Waals surface area contributed by atoms with Gasteiger partial charge in [0.15, 0.2) is 6.10 Å². The normalized spacial score (nSPS) is 20.2. The van der Waals surface area contributed by atoms with Crippen molar-refractivity contribution in [1.82, 2.24) is 4.90 Å². The zero-order chi connectivity index (χ0) is 17.2. The molecule has 0 aliphatic carbocycles. The zero-order valence-electron chi connectivity index (χ0n) is 14.2. The van der Waals surface area contributed by atoms with Gasteiger partial charge < -0.3 is 9.64 Å². The number of nitrogens with zero attached hydrogens (tertiary/aromatic N) is 1. The molecule has 1 saturated heterocycles. The van der Waals surface area contributed by atoms with Crippen molar-refractivity contribution in [3.8, 4) is 5.75 Å². The summed E-state index contributed by atoms with van der Waals surface area (Å²) in [7, 11) is 0. The lowest BCUT2D eigenvalue weighted by atomic mass is 9.90. The van der Waals surface area contributed by atoms with Crippen molar-refractivity contribution in [2.75, 3.05) is 13.1 Å². The van der Waals surface area contributed by atoms with Crippen LogP contribution >= 0.6 is 11.6 Å². The summed E-state index contributed by atoms with van der Waals surface area (Å²) < 4.78 is 5.85. The summed E-state index contributed by atoms with van der Waals surface area (Å²) >= 11 is 6.03. The van der Waals surface area contributed by atoms with Crippen molar-refractivity contribution in [2.24, 2.45) is 5.92 Å².